The Morgan fingerprint density at radius 3 is 2.64 bits per heavy atom. The maximum Gasteiger partial charge on any atom is 0.142 e. The van der Waals surface area contributed by atoms with Gasteiger partial charge >= 0.3 is 0 Å². The van der Waals surface area contributed by atoms with Crippen molar-refractivity contribution in [1.82, 2.24) is 5.16 Å². The lowest BCUT2D eigenvalue weighted by Gasteiger charge is -1.94. The van der Waals surface area contributed by atoms with Crippen LogP contribution < -0.4 is 0 Å². The van der Waals surface area contributed by atoms with E-state index in [0.717, 1.165) is 0 Å². The number of rotatable bonds is 1. The zero-order chi connectivity index (χ0) is 9.97. The van der Waals surface area contributed by atoms with E-state index >= 15 is 0 Å². The minimum absolute atomic E-state index is 0.323. The summed E-state index contributed by atoms with van der Waals surface area (Å²) in [5, 5.41) is 12.4. The van der Waals surface area contributed by atoms with Gasteiger partial charge in [-0.1, -0.05) is 5.16 Å². The van der Waals surface area contributed by atoms with Crippen molar-refractivity contribution < 1.29 is 8.91 Å². The van der Waals surface area contributed by atoms with Crippen LogP contribution in [0.4, 0.5) is 4.39 Å². The van der Waals surface area contributed by atoms with Crippen LogP contribution in [0.5, 0.6) is 0 Å². The molecule has 68 valence electrons. The van der Waals surface area contributed by atoms with Crippen LogP contribution in [0.1, 0.15) is 5.56 Å². The predicted molar refractivity (Wildman–Crippen MR) is 46.6 cm³/mol. The lowest BCUT2D eigenvalue weighted by molar-refractivity contribution is 0.422. The lowest BCUT2D eigenvalue weighted by Crippen LogP contribution is -1.81. The van der Waals surface area contributed by atoms with Gasteiger partial charge in [-0.25, -0.2) is 4.39 Å². The molecule has 4 heteroatoms. The smallest absolute Gasteiger partial charge is 0.142 e. The van der Waals surface area contributed by atoms with Crippen LogP contribution in [0.25, 0.3) is 11.3 Å². The van der Waals surface area contributed by atoms with E-state index in [0.29, 0.717) is 16.8 Å². The molecule has 14 heavy (non-hydrogen) atoms. The largest absolute Gasteiger partial charge is 0.363 e. The molecule has 1 heterocycles. The van der Waals surface area contributed by atoms with E-state index in [1.807, 2.05) is 6.07 Å². The second kappa shape index (κ2) is 3.30. The summed E-state index contributed by atoms with van der Waals surface area (Å²) in [7, 11) is 0. The quantitative estimate of drug-likeness (QED) is 0.690. The third-order valence-electron chi connectivity index (χ3n) is 1.81. The fourth-order valence-corrected chi connectivity index (χ4v) is 1.13. The van der Waals surface area contributed by atoms with Crippen LogP contribution in [-0.4, -0.2) is 5.16 Å². The van der Waals surface area contributed by atoms with E-state index in [-0.39, 0.29) is 5.82 Å². The van der Waals surface area contributed by atoms with Gasteiger partial charge in [0.2, 0.25) is 0 Å². The molecule has 0 bridgehead atoms. The topological polar surface area (TPSA) is 49.8 Å². The number of hydrogen-bond donors (Lipinski definition) is 0. The molecule has 0 radical (unpaired) electrons. The third-order valence-corrected chi connectivity index (χ3v) is 1.81. The van der Waals surface area contributed by atoms with Gasteiger partial charge in [-0.3, -0.25) is 0 Å². The standard InChI is InChI=1S/C10H5FN2O/c11-9-3-1-7(2-4-9)10-8(5-12)6-14-13-10/h1-4,6H. The highest BCUT2D eigenvalue weighted by Crippen LogP contribution is 2.21. The van der Waals surface area contributed by atoms with Crippen molar-refractivity contribution in [2.24, 2.45) is 0 Å². The van der Waals surface area contributed by atoms with Crippen molar-refractivity contribution in [1.29, 1.82) is 5.26 Å². The number of nitrogens with zero attached hydrogens (tertiary/aromatic N) is 2. The number of hydrogen-bond acceptors (Lipinski definition) is 3. The maximum atomic E-state index is 12.6. The molecule has 0 spiro atoms. The molecule has 0 saturated carbocycles. The van der Waals surface area contributed by atoms with Gasteiger partial charge in [0.25, 0.3) is 0 Å². The van der Waals surface area contributed by atoms with Crippen LogP contribution in [0.15, 0.2) is 35.1 Å². The average molecular weight is 188 g/mol. The first kappa shape index (κ1) is 8.45. The van der Waals surface area contributed by atoms with E-state index in [1.54, 1.807) is 12.1 Å². The van der Waals surface area contributed by atoms with Crippen molar-refractivity contribution in [2.45, 2.75) is 0 Å². The molecule has 0 fully saturated rings. The Labute approximate surface area is 79.4 Å². The summed E-state index contributed by atoms with van der Waals surface area (Å²) in [4.78, 5) is 0. The molecule has 0 aliphatic carbocycles. The van der Waals surface area contributed by atoms with Gasteiger partial charge in [0.05, 0.1) is 0 Å². The van der Waals surface area contributed by atoms with E-state index in [9.17, 15) is 4.39 Å². The molecule has 1 aromatic carbocycles. The summed E-state index contributed by atoms with van der Waals surface area (Å²) in [5.41, 5.74) is 1.45. The number of halogens is 1. The van der Waals surface area contributed by atoms with Gasteiger partial charge < -0.3 is 4.52 Å². The maximum absolute atomic E-state index is 12.6. The fourth-order valence-electron chi connectivity index (χ4n) is 1.13. The van der Waals surface area contributed by atoms with Crippen LogP contribution in [0, 0.1) is 17.1 Å². The van der Waals surface area contributed by atoms with Crippen LogP contribution in [0.2, 0.25) is 0 Å². The first-order chi connectivity index (χ1) is 6.81. The zero-order valence-corrected chi connectivity index (χ0v) is 7.07. The van der Waals surface area contributed by atoms with E-state index < -0.39 is 0 Å². The summed E-state index contributed by atoms with van der Waals surface area (Å²) in [5.74, 6) is -0.323. The Morgan fingerprint density at radius 1 is 1.29 bits per heavy atom. The van der Waals surface area contributed by atoms with Crippen molar-refractivity contribution in [3.63, 3.8) is 0 Å². The van der Waals surface area contributed by atoms with Crippen molar-refractivity contribution in [2.75, 3.05) is 0 Å². The predicted octanol–water partition coefficient (Wildman–Crippen LogP) is 2.35. The monoisotopic (exact) mass is 188 g/mol. The Morgan fingerprint density at radius 2 is 2.00 bits per heavy atom. The second-order valence-corrected chi connectivity index (χ2v) is 2.70. The molecule has 1 aromatic heterocycles. The van der Waals surface area contributed by atoms with Gasteiger partial charge in [-0.05, 0) is 24.3 Å². The van der Waals surface area contributed by atoms with E-state index in [2.05, 4.69) is 9.68 Å². The van der Waals surface area contributed by atoms with Crippen molar-refractivity contribution >= 4 is 0 Å². The third kappa shape index (κ3) is 1.36. The first-order valence-corrected chi connectivity index (χ1v) is 3.91. The summed E-state index contributed by atoms with van der Waals surface area (Å²) in [6.45, 7) is 0. The molecule has 3 nitrogen and oxygen atoms in total. The van der Waals surface area contributed by atoms with Crippen LogP contribution in [0.3, 0.4) is 0 Å². The Kier molecular flexibility index (Phi) is 1.99. The Balaban J connectivity index is 2.50. The normalized spacial score (nSPS) is 9.71. The van der Waals surface area contributed by atoms with Gasteiger partial charge in [0.1, 0.15) is 29.4 Å². The Hall–Kier alpha value is -2.15. The molecule has 2 aromatic rings. The van der Waals surface area contributed by atoms with Crippen molar-refractivity contribution in [3.8, 4) is 17.3 Å². The molecule has 2 rings (SSSR count). The SMILES string of the molecule is N#Cc1conc1-c1ccc(F)cc1. The summed E-state index contributed by atoms with van der Waals surface area (Å²) < 4.78 is 17.3. The molecule has 0 aliphatic heterocycles. The van der Waals surface area contributed by atoms with E-state index in [4.69, 9.17) is 5.26 Å². The number of aromatic nitrogens is 1. The Bertz CT molecular complexity index is 482. The molecule has 0 atom stereocenters. The molecular weight excluding hydrogens is 183 g/mol. The lowest BCUT2D eigenvalue weighted by atomic mass is 10.1. The van der Waals surface area contributed by atoms with Gasteiger partial charge in [0.15, 0.2) is 0 Å². The molecule has 0 aliphatic rings. The minimum atomic E-state index is -0.323. The molecule has 0 unspecified atom stereocenters. The summed E-state index contributed by atoms with van der Waals surface area (Å²) in [6, 6.07) is 7.66. The highest BCUT2D eigenvalue weighted by atomic mass is 19.1. The molecule has 0 N–H and O–H groups in total. The highest BCUT2D eigenvalue weighted by molar-refractivity contribution is 5.65. The first-order valence-electron chi connectivity index (χ1n) is 3.91. The second-order valence-electron chi connectivity index (χ2n) is 2.70. The van der Waals surface area contributed by atoms with Gasteiger partial charge in [-0.15, -0.1) is 0 Å². The summed E-state index contributed by atoms with van der Waals surface area (Å²) >= 11 is 0. The average Bonchev–Trinajstić information content (AvgIpc) is 2.67. The van der Waals surface area contributed by atoms with Gasteiger partial charge in [0, 0.05) is 5.56 Å². The molecule has 0 amide bonds. The minimum Gasteiger partial charge on any atom is -0.363 e. The molecular formula is C10H5FN2O. The van der Waals surface area contributed by atoms with Crippen LogP contribution in [-0.2, 0) is 0 Å². The van der Waals surface area contributed by atoms with Crippen molar-refractivity contribution in [3.05, 3.63) is 41.9 Å². The highest BCUT2D eigenvalue weighted by Gasteiger charge is 2.08. The van der Waals surface area contributed by atoms with E-state index in [1.165, 1.54) is 18.4 Å². The van der Waals surface area contributed by atoms with Gasteiger partial charge in [-0.2, -0.15) is 5.26 Å². The number of benzene rings is 1. The summed E-state index contributed by atoms with van der Waals surface area (Å²) in [6.07, 6.45) is 1.26. The number of nitriles is 1. The fraction of sp³-hybridized carbons (Fsp3) is 0. The zero-order valence-electron chi connectivity index (χ0n) is 7.07. The van der Waals surface area contributed by atoms with Crippen LogP contribution >= 0.6 is 0 Å². The molecule has 0 saturated heterocycles.